The van der Waals surface area contributed by atoms with Crippen molar-refractivity contribution < 1.29 is 8.78 Å². The van der Waals surface area contributed by atoms with Crippen LogP contribution in [0.4, 0.5) is 8.78 Å². The molecule has 0 amide bonds. The number of rotatable bonds is 6. The van der Waals surface area contributed by atoms with Crippen molar-refractivity contribution in [1.82, 2.24) is 5.32 Å². The van der Waals surface area contributed by atoms with E-state index in [9.17, 15) is 8.78 Å². The predicted molar refractivity (Wildman–Crippen MR) is 62.4 cm³/mol. The highest BCUT2D eigenvalue weighted by molar-refractivity contribution is 5.19. The van der Waals surface area contributed by atoms with Gasteiger partial charge in [0.25, 0.3) is 0 Å². The Morgan fingerprint density at radius 2 is 2.06 bits per heavy atom. The van der Waals surface area contributed by atoms with Crippen LogP contribution in [0.3, 0.4) is 0 Å². The van der Waals surface area contributed by atoms with Crippen molar-refractivity contribution in [1.29, 1.82) is 0 Å². The lowest BCUT2D eigenvalue weighted by atomic mass is 9.94. The smallest absolute Gasteiger partial charge is 0.129 e. The fourth-order valence-corrected chi connectivity index (χ4v) is 1.97. The fourth-order valence-electron chi connectivity index (χ4n) is 1.97. The van der Waals surface area contributed by atoms with Gasteiger partial charge in [0.05, 0.1) is 0 Å². The number of hydrogen-bond acceptors (Lipinski definition) is 1. The Hall–Kier alpha value is -0.960. The summed E-state index contributed by atoms with van der Waals surface area (Å²) in [5.41, 5.74) is 0.607. The molecule has 1 N–H and O–H groups in total. The number of halogens is 2. The molecule has 1 aromatic carbocycles. The first-order valence-corrected chi connectivity index (χ1v) is 5.75. The Morgan fingerprint density at radius 1 is 1.31 bits per heavy atom. The van der Waals surface area contributed by atoms with E-state index < -0.39 is 11.6 Å². The van der Waals surface area contributed by atoms with E-state index in [1.54, 1.807) is 6.07 Å². The summed E-state index contributed by atoms with van der Waals surface area (Å²) in [4.78, 5) is 0. The third kappa shape index (κ3) is 3.89. The van der Waals surface area contributed by atoms with Gasteiger partial charge in [-0.3, -0.25) is 0 Å². The second-order valence-electron chi connectivity index (χ2n) is 4.15. The van der Waals surface area contributed by atoms with Crippen molar-refractivity contribution in [3.63, 3.8) is 0 Å². The van der Waals surface area contributed by atoms with Gasteiger partial charge in [-0.05, 0) is 44.0 Å². The topological polar surface area (TPSA) is 12.0 Å². The average molecular weight is 227 g/mol. The summed E-state index contributed by atoms with van der Waals surface area (Å²) in [6.07, 6.45) is 2.80. The minimum atomic E-state index is -0.512. The van der Waals surface area contributed by atoms with E-state index in [1.165, 1.54) is 6.07 Å². The van der Waals surface area contributed by atoms with Gasteiger partial charge in [0.2, 0.25) is 0 Å². The zero-order chi connectivity index (χ0) is 12.0. The first-order valence-electron chi connectivity index (χ1n) is 5.75. The molecular weight excluding hydrogens is 208 g/mol. The van der Waals surface area contributed by atoms with E-state index in [2.05, 4.69) is 12.2 Å². The molecule has 0 bridgehead atoms. The summed E-state index contributed by atoms with van der Waals surface area (Å²) < 4.78 is 26.2. The van der Waals surface area contributed by atoms with Crippen molar-refractivity contribution in [3.05, 3.63) is 35.4 Å². The minimum Gasteiger partial charge on any atom is -0.319 e. The summed E-state index contributed by atoms with van der Waals surface area (Å²) in [7, 11) is 1.89. The highest BCUT2D eigenvalue weighted by atomic mass is 19.1. The van der Waals surface area contributed by atoms with Gasteiger partial charge in [-0.15, -0.1) is 0 Å². The minimum absolute atomic E-state index is 0.412. The van der Waals surface area contributed by atoms with E-state index in [0.717, 1.165) is 25.5 Å². The number of hydrogen-bond donors (Lipinski definition) is 1. The van der Waals surface area contributed by atoms with Crippen molar-refractivity contribution in [3.8, 4) is 0 Å². The van der Waals surface area contributed by atoms with E-state index in [4.69, 9.17) is 0 Å². The van der Waals surface area contributed by atoms with Gasteiger partial charge in [-0.1, -0.05) is 19.4 Å². The van der Waals surface area contributed by atoms with Gasteiger partial charge in [0.1, 0.15) is 11.6 Å². The van der Waals surface area contributed by atoms with E-state index >= 15 is 0 Å². The zero-order valence-electron chi connectivity index (χ0n) is 9.89. The zero-order valence-corrected chi connectivity index (χ0v) is 9.89. The van der Waals surface area contributed by atoms with Crippen LogP contribution in [-0.4, -0.2) is 13.6 Å². The molecule has 0 aliphatic heterocycles. The van der Waals surface area contributed by atoms with Crippen molar-refractivity contribution in [2.45, 2.75) is 26.2 Å². The Morgan fingerprint density at radius 3 is 2.62 bits per heavy atom. The van der Waals surface area contributed by atoms with Crippen molar-refractivity contribution in [2.75, 3.05) is 13.6 Å². The summed E-state index contributed by atoms with van der Waals surface area (Å²) >= 11 is 0. The van der Waals surface area contributed by atoms with Gasteiger partial charge in [-0.2, -0.15) is 0 Å². The summed E-state index contributed by atoms with van der Waals surface area (Å²) in [6, 6.07) is 3.82. The van der Waals surface area contributed by atoms with Crippen LogP contribution in [0.2, 0.25) is 0 Å². The van der Waals surface area contributed by atoms with Crippen LogP contribution >= 0.6 is 0 Å². The molecule has 3 heteroatoms. The van der Waals surface area contributed by atoms with Crippen LogP contribution < -0.4 is 5.32 Å². The Balaban J connectivity index is 2.68. The van der Waals surface area contributed by atoms with Crippen LogP contribution in [0.25, 0.3) is 0 Å². The van der Waals surface area contributed by atoms with Gasteiger partial charge in [-0.25, -0.2) is 8.78 Å². The van der Waals surface area contributed by atoms with Gasteiger partial charge >= 0.3 is 0 Å². The van der Waals surface area contributed by atoms with E-state index in [0.29, 0.717) is 17.9 Å². The second-order valence-corrected chi connectivity index (χ2v) is 4.15. The SMILES string of the molecule is CCCC(CNC)Cc1ccc(F)cc1F. The lowest BCUT2D eigenvalue weighted by molar-refractivity contribution is 0.445. The van der Waals surface area contributed by atoms with Crippen LogP contribution in [0, 0.1) is 17.6 Å². The molecule has 1 nitrogen and oxygen atoms in total. The van der Waals surface area contributed by atoms with Crippen molar-refractivity contribution in [2.24, 2.45) is 5.92 Å². The Labute approximate surface area is 95.9 Å². The molecule has 0 aromatic heterocycles. The van der Waals surface area contributed by atoms with E-state index in [1.807, 2.05) is 7.05 Å². The van der Waals surface area contributed by atoms with Gasteiger partial charge in [0, 0.05) is 6.07 Å². The molecule has 1 aromatic rings. The Bertz CT molecular complexity index is 320. The number of nitrogens with one attached hydrogen (secondary N) is 1. The molecule has 0 aliphatic carbocycles. The molecule has 0 aliphatic rings. The molecule has 0 radical (unpaired) electrons. The van der Waals surface area contributed by atoms with Crippen LogP contribution in [-0.2, 0) is 6.42 Å². The standard InChI is InChI=1S/C13H19F2N/c1-3-4-10(9-16-2)7-11-5-6-12(14)8-13(11)15/h5-6,8,10,16H,3-4,7,9H2,1-2H3. The number of benzene rings is 1. The summed E-state index contributed by atoms with van der Waals surface area (Å²) in [5.74, 6) is -0.533. The van der Waals surface area contributed by atoms with Gasteiger partial charge in [0.15, 0.2) is 0 Å². The first kappa shape index (κ1) is 13.1. The molecule has 0 saturated heterocycles. The molecule has 0 saturated carbocycles. The molecule has 0 spiro atoms. The monoisotopic (exact) mass is 227 g/mol. The quantitative estimate of drug-likeness (QED) is 0.787. The third-order valence-corrected chi connectivity index (χ3v) is 2.71. The maximum absolute atomic E-state index is 13.4. The summed E-state index contributed by atoms with van der Waals surface area (Å²) in [5, 5.41) is 3.11. The average Bonchev–Trinajstić information content (AvgIpc) is 2.23. The van der Waals surface area contributed by atoms with Crippen LogP contribution in [0.5, 0.6) is 0 Å². The maximum Gasteiger partial charge on any atom is 0.129 e. The van der Waals surface area contributed by atoms with Crippen LogP contribution in [0.15, 0.2) is 18.2 Å². The molecule has 0 fully saturated rings. The van der Waals surface area contributed by atoms with Crippen LogP contribution in [0.1, 0.15) is 25.3 Å². The highest BCUT2D eigenvalue weighted by Gasteiger charge is 2.11. The lowest BCUT2D eigenvalue weighted by Crippen LogP contribution is -2.21. The fraction of sp³-hybridized carbons (Fsp3) is 0.538. The van der Waals surface area contributed by atoms with E-state index in [-0.39, 0.29) is 0 Å². The molecule has 1 unspecified atom stereocenters. The molecule has 16 heavy (non-hydrogen) atoms. The largest absolute Gasteiger partial charge is 0.319 e. The lowest BCUT2D eigenvalue weighted by Gasteiger charge is -2.16. The molecule has 0 heterocycles. The molecule has 90 valence electrons. The predicted octanol–water partition coefficient (Wildman–Crippen LogP) is 3.14. The molecular formula is C13H19F2N. The third-order valence-electron chi connectivity index (χ3n) is 2.71. The first-order chi connectivity index (χ1) is 7.67. The van der Waals surface area contributed by atoms with Gasteiger partial charge < -0.3 is 5.32 Å². The summed E-state index contributed by atoms with van der Waals surface area (Å²) in [6.45, 7) is 2.98. The maximum atomic E-state index is 13.4. The molecule has 1 rings (SSSR count). The Kier molecular flexibility index (Phi) is 5.39. The van der Waals surface area contributed by atoms with Crippen molar-refractivity contribution >= 4 is 0 Å². The second kappa shape index (κ2) is 6.59. The highest BCUT2D eigenvalue weighted by Crippen LogP contribution is 2.17. The molecule has 1 atom stereocenters. The normalized spacial score (nSPS) is 12.8.